The van der Waals surface area contributed by atoms with Crippen LogP contribution in [0.15, 0.2) is 48.7 Å². The number of halogens is 1. The molecule has 2 heteroatoms. The highest BCUT2D eigenvalue weighted by Gasteiger charge is 1.96. The fourth-order valence-corrected chi connectivity index (χ4v) is 1.63. The molecule has 2 rings (SSSR count). The van der Waals surface area contributed by atoms with E-state index in [1.165, 1.54) is 11.1 Å². The van der Waals surface area contributed by atoms with Crippen LogP contribution in [0, 0.1) is 0 Å². The van der Waals surface area contributed by atoms with E-state index in [1.54, 1.807) is 0 Å². The smallest absolute Gasteiger partial charge is 0.0647 e. The van der Waals surface area contributed by atoms with Crippen molar-refractivity contribution in [2.45, 2.75) is 12.3 Å². The van der Waals surface area contributed by atoms with Crippen LogP contribution in [0.2, 0.25) is 0 Å². The monoisotopic (exact) mass is 217 g/mol. The average Bonchev–Trinajstić information content (AvgIpc) is 2.31. The molecule has 0 bridgehead atoms. The lowest BCUT2D eigenvalue weighted by Crippen LogP contribution is -1.91. The first-order valence-corrected chi connectivity index (χ1v) is 5.45. The van der Waals surface area contributed by atoms with Crippen molar-refractivity contribution < 1.29 is 0 Å². The summed E-state index contributed by atoms with van der Waals surface area (Å²) in [6, 6.07) is 14.4. The number of hydrogen-bond acceptors (Lipinski definition) is 1. The maximum absolute atomic E-state index is 5.68. The van der Waals surface area contributed by atoms with E-state index in [1.807, 2.05) is 18.3 Å². The fraction of sp³-hybridized carbons (Fsp3) is 0.154. The first-order chi connectivity index (χ1) is 7.38. The molecule has 76 valence electrons. The Morgan fingerprint density at radius 3 is 2.33 bits per heavy atom. The van der Waals surface area contributed by atoms with Crippen LogP contribution in [0.1, 0.15) is 16.8 Å². The van der Waals surface area contributed by atoms with Gasteiger partial charge in [0.05, 0.1) is 11.6 Å². The summed E-state index contributed by atoms with van der Waals surface area (Å²) >= 11 is 5.68. The topological polar surface area (TPSA) is 12.9 Å². The van der Waals surface area contributed by atoms with Crippen LogP contribution in [0.3, 0.4) is 0 Å². The van der Waals surface area contributed by atoms with Crippen molar-refractivity contribution >= 4 is 11.6 Å². The largest absolute Gasteiger partial charge is 0.260 e. The van der Waals surface area contributed by atoms with Gasteiger partial charge in [0.1, 0.15) is 0 Å². The number of pyridine rings is 1. The van der Waals surface area contributed by atoms with Crippen LogP contribution in [0.5, 0.6) is 0 Å². The van der Waals surface area contributed by atoms with Crippen LogP contribution >= 0.6 is 11.6 Å². The molecule has 1 aromatic heterocycles. The van der Waals surface area contributed by atoms with Gasteiger partial charge in [-0.2, -0.15) is 0 Å². The Morgan fingerprint density at radius 1 is 0.933 bits per heavy atom. The average molecular weight is 218 g/mol. The minimum Gasteiger partial charge on any atom is -0.260 e. The van der Waals surface area contributed by atoms with Gasteiger partial charge in [-0.05, 0) is 23.6 Å². The Kier molecular flexibility index (Phi) is 3.36. The molecule has 0 saturated heterocycles. The molecule has 1 aromatic carbocycles. The van der Waals surface area contributed by atoms with E-state index in [0.717, 1.165) is 12.1 Å². The predicted octanol–water partition coefficient (Wildman–Crippen LogP) is 3.41. The molecule has 0 fully saturated rings. The minimum atomic E-state index is 0.478. The SMILES string of the molecule is ClCc1ccc(Cc2ccccc2)cn1. The molecule has 0 saturated carbocycles. The number of alkyl halides is 1. The summed E-state index contributed by atoms with van der Waals surface area (Å²) in [7, 11) is 0. The normalized spacial score (nSPS) is 10.2. The molecular formula is C13H12ClN. The Bertz CT molecular complexity index is 408. The summed E-state index contributed by atoms with van der Waals surface area (Å²) in [5, 5.41) is 0. The number of nitrogens with zero attached hydrogens (tertiary/aromatic N) is 1. The van der Waals surface area contributed by atoms with Crippen LogP contribution < -0.4 is 0 Å². The first-order valence-electron chi connectivity index (χ1n) is 4.92. The van der Waals surface area contributed by atoms with Gasteiger partial charge in [0.25, 0.3) is 0 Å². The number of aromatic nitrogens is 1. The van der Waals surface area contributed by atoms with E-state index in [4.69, 9.17) is 11.6 Å². The summed E-state index contributed by atoms with van der Waals surface area (Å²) in [5.74, 6) is 0.478. The molecule has 0 atom stereocenters. The molecule has 0 amide bonds. The van der Waals surface area contributed by atoms with Crippen molar-refractivity contribution in [3.63, 3.8) is 0 Å². The van der Waals surface area contributed by atoms with E-state index in [0.29, 0.717) is 5.88 Å². The Labute approximate surface area is 94.7 Å². The van der Waals surface area contributed by atoms with Gasteiger partial charge in [0, 0.05) is 6.20 Å². The molecule has 0 radical (unpaired) electrons. The molecule has 1 heterocycles. The number of rotatable bonds is 3. The summed E-state index contributed by atoms with van der Waals surface area (Å²) in [6.45, 7) is 0. The van der Waals surface area contributed by atoms with E-state index in [-0.39, 0.29) is 0 Å². The molecule has 0 N–H and O–H groups in total. The molecule has 0 spiro atoms. The van der Waals surface area contributed by atoms with Gasteiger partial charge < -0.3 is 0 Å². The van der Waals surface area contributed by atoms with E-state index in [2.05, 4.69) is 35.3 Å². The molecule has 15 heavy (non-hydrogen) atoms. The summed E-state index contributed by atoms with van der Waals surface area (Å²) in [4.78, 5) is 4.26. The van der Waals surface area contributed by atoms with Crippen molar-refractivity contribution in [2.75, 3.05) is 0 Å². The van der Waals surface area contributed by atoms with Gasteiger partial charge in [0.15, 0.2) is 0 Å². The summed E-state index contributed by atoms with van der Waals surface area (Å²) in [5.41, 5.74) is 3.45. The zero-order valence-electron chi connectivity index (χ0n) is 8.36. The van der Waals surface area contributed by atoms with Crippen molar-refractivity contribution in [2.24, 2.45) is 0 Å². The lowest BCUT2D eigenvalue weighted by atomic mass is 10.1. The Hall–Kier alpha value is -1.34. The summed E-state index contributed by atoms with van der Waals surface area (Å²) in [6.07, 6.45) is 2.82. The van der Waals surface area contributed by atoms with Crippen molar-refractivity contribution in [1.29, 1.82) is 0 Å². The van der Waals surface area contributed by atoms with Crippen LogP contribution in [0.4, 0.5) is 0 Å². The zero-order chi connectivity index (χ0) is 10.5. The third-order valence-electron chi connectivity index (χ3n) is 2.27. The third kappa shape index (κ3) is 2.80. The minimum absolute atomic E-state index is 0.478. The fourth-order valence-electron chi connectivity index (χ4n) is 1.47. The van der Waals surface area contributed by atoms with E-state index >= 15 is 0 Å². The van der Waals surface area contributed by atoms with Gasteiger partial charge in [-0.25, -0.2) is 0 Å². The highest BCUT2D eigenvalue weighted by atomic mass is 35.5. The summed E-state index contributed by atoms with van der Waals surface area (Å²) < 4.78 is 0. The van der Waals surface area contributed by atoms with E-state index in [9.17, 15) is 0 Å². The molecular weight excluding hydrogens is 206 g/mol. The second-order valence-electron chi connectivity index (χ2n) is 3.45. The molecule has 0 aliphatic heterocycles. The standard InChI is InChI=1S/C13H12ClN/c14-9-13-7-6-12(10-15-13)8-11-4-2-1-3-5-11/h1-7,10H,8-9H2. The van der Waals surface area contributed by atoms with Crippen molar-refractivity contribution in [3.05, 3.63) is 65.5 Å². The van der Waals surface area contributed by atoms with Crippen LogP contribution in [-0.4, -0.2) is 4.98 Å². The lowest BCUT2D eigenvalue weighted by Gasteiger charge is -2.01. The highest BCUT2D eigenvalue weighted by Crippen LogP contribution is 2.09. The lowest BCUT2D eigenvalue weighted by molar-refractivity contribution is 1.09. The quantitative estimate of drug-likeness (QED) is 0.718. The molecule has 1 nitrogen and oxygen atoms in total. The Balaban J connectivity index is 2.11. The van der Waals surface area contributed by atoms with E-state index < -0.39 is 0 Å². The van der Waals surface area contributed by atoms with Crippen LogP contribution in [-0.2, 0) is 12.3 Å². The second-order valence-corrected chi connectivity index (χ2v) is 3.72. The van der Waals surface area contributed by atoms with Gasteiger partial charge in [-0.15, -0.1) is 11.6 Å². The predicted molar refractivity (Wildman–Crippen MR) is 63.0 cm³/mol. The molecule has 0 unspecified atom stereocenters. The van der Waals surface area contributed by atoms with Crippen molar-refractivity contribution in [1.82, 2.24) is 4.98 Å². The molecule has 0 aliphatic rings. The van der Waals surface area contributed by atoms with Gasteiger partial charge >= 0.3 is 0 Å². The molecule has 2 aromatic rings. The van der Waals surface area contributed by atoms with Crippen LogP contribution in [0.25, 0.3) is 0 Å². The number of hydrogen-bond donors (Lipinski definition) is 0. The Morgan fingerprint density at radius 2 is 1.73 bits per heavy atom. The maximum Gasteiger partial charge on any atom is 0.0647 e. The van der Waals surface area contributed by atoms with Gasteiger partial charge in [-0.3, -0.25) is 4.98 Å². The zero-order valence-corrected chi connectivity index (χ0v) is 9.11. The first kappa shape index (κ1) is 10.2. The third-order valence-corrected chi connectivity index (χ3v) is 2.55. The molecule has 0 aliphatic carbocycles. The highest BCUT2D eigenvalue weighted by molar-refractivity contribution is 6.16. The second kappa shape index (κ2) is 4.94. The van der Waals surface area contributed by atoms with Gasteiger partial charge in [0.2, 0.25) is 0 Å². The van der Waals surface area contributed by atoms with Crippen molar-refractivity contribution in [3.8, 4) is 0 Å². The number of benzene rings is 1. The maximum atomic E-state index is 5.68. The van der Waals surface area contributed by atoms with Gasteiger partial charge in [-0.1, -0.05) is 36.4 Å².